The number of aromatic nitrogens is 3. The largest absolute Gasteiger partial charge is 0.381 e. The van der Waals surface area contributed by atoms with E-state index in [0.29, 0.717) is 18.4 Å². The molecule has 6 nitrogen and oxygen atoms in total. The van der Waals surface area contributed by atoms with Crippen LogP contribution in [0.5, 0.6) is 0 Å². The molecule has 1 saturated heterocycles. The Balaban J connectivity index is 1.57. The van der Waals surface area contributed by atoms with Crippen molar-refractivity contribution in [1.29, 1.82) is 0 Å². The number of rotatable bonds is 9. The van der Waals surface area contributed by atoms with Crippen molar-refractivity contribution >= 4 is 0 Å². The van der Waals surface area contributed by atoms with Crippen molar-refractivity contribution in [1.82, 2.24) is 20.3 Å². The van der Waals surface area contributed by atoms with Gasteiger partial charge in [-0.1, -0.05) is 19.1 Å². The lowest BCUT2D eigenvalue weighted by Crippen LogP contribution is -2.19. The minimum absolute atomic E-state index is 0.571. The lowest BCUT2D eigenvalue weighted by molar-refractivity contribution is 0.0828. The first kappa shape index (κ1) is 15.4. The van der Waals surface area contributed by atoms with Crippen LogP contribution in [0.3, 0.4) is 0 Å². The summed E-state index contributed by atoms with van der Waals surface area (Å²) in [4.78, 5) is 0. The molecule has 0 aliphatic carbocycles. The number of nitrogens with zero attached hydrogens (tertiary/aromatic N) is 3. The van der Waals surface area contributed by atoms with Crippen LogP contribution in [0.1, 0.15) is 26.0 Å². The number of ether oxygens (including phenoxy) is 2. The van der Waals surface area contributed by atoms with Gasteiger partial charge in [-0.15, -0.1) is 5.10 Å². The van der Waals surface area contributed by atoms with Gasteiger partial charge in [-0.05, 0) is 18.9 Å². The van der Waals surface area contributed by atoms with E-state index in [-0.39, 0.29) is 0 Å². The lowest BCUT2D eigenvalue weighted by atomic mass is 10.1. The summed E-state index contributed by atoms with van der Waals surface area (Å²) in [7, 11) is 0. The Morgan fingerprint density at radius 3 is 3.20 bits per heavy atom. The Morgan fingerprint density at radius 1 is 1.55 bits per heavy atom. The second-order valence-corrected chi connectivity index (χ2v) is 5.80. The lowest BCUT2D eigenvalue weighted by Gasteiger charge is -2.08. The van der Waals surface area contributed by atoms with Gasteiger partial charge in [-0.3, -0.25) is 0 Å². The standard InChI is InChI=1S/C14H26N4O2/c1-12(2)7-15-8-14-9-18(17-16-14)4-6-20-11-13-3-5-19-10-13/h9,12-13,15H,3-8,10-11H2,1-2H3. The Labute approximate surface area is 120 Å². The van der Waals surface area contributed by atoms with Crippen molar-refractivity contribution < 1.29 is 9.47 Å². The second kappa shape index (κ2) is 8.34. The van der Waals surface area contributed by atoms with E-state index in [4.69, 9.17) is 9.47 Å². The SMILES string of the molecule is CC(C)CNCc1cn(CCOCC2CCOC2)nn1. The summed E-state index contributed by atoms with van der Waals surface area (Å²) in [6, 6.07) is 0. The molecule has 0 saturated carbocycles. The van der Waals surface area contributed by atoms with E-state index < -0.39 is 0 Å². The van der Waals surface area contributed by atoms with Crippen LogP contribution in [0.4, 0.5) is 0 Å². The first-order chi connectivity index (χ1) is 9.74. The van der Waals surface area contributed by atoms with Crippen LogP contribution in [0, 0.1) is 11.8 Å². The van der Waals surface area contributed by atoms with E-state index in [0.717, 1.165) is 51.6 Å². The van der Waals surface area contributed by atoms with Crippen LogP contribution in [0.15, 0.2) is 6.20 Å². The highest BCUT2D eigenvalue weighted by atomic mass is 16.5. The topological polar surface area (TPSA) is 61.2 Å². The molecule has 1 atom stereocenters. The molecule has 0 amide bonds. The van der Waals surface area contributed by atoms with Gasteiger partial charge in [0.25, 0.3) is 0 Å². The summed E-state index contributed by atoms with van der Waals surface area (Å²) in [6.45, 7) is 10.1. The molecule has 0 radical (unpaired) electrons. The van der Waals surface area contributed by atoms with Crippen molar-refractivity contribution in [3.63, 3.8) is 0 Å². The number of hydrogen-bond donors (Lipinski definition) is 1. The van der Waals surface area contributed by atoms with Crippen LogP contribution in [-0.4, -0.2) is 48.0 Å². The summed E-state index contributed by atoms with van der Waals surface area (Å²) >= 11 is 0. The highest BCUT2D eigenvalue weighted by molar-refractivity contribution is 4.91. The Hall–Kier alpha value is -0.980. The molecule has 20 heavy (non-hydrogen) atoms. The van der Waals surface area contributed by atoms with Crippen LogP contribution in [0.25, 0.3) is 0 Å². The molecule has 114 valence electrons. The zero-order chi connectivity index (χ0) is 14.2. The highest BCUT2D eigenvalue weighted by Gasteiger charge is 2.15. The van der Waals surface area contributed by atoms with Crippen molar-refractivity contribution in [2.75, 3.05) is 33.0 Å². The van der Waals surface area contributed by atoms with Crippen molar-refractivity contribution in [2.45, 2.75) is 33.4 Å². The Kier molecular flexibility index (Phi) is 6.42. The third kappa shape index (κ3) is 5.56. The molecule has 1 unspecified atom stereocenters. The summed E-state index contributed by atoms with van der Waals surface area (Å²) in [5, 5.41) is 11.6. The average molecular weight is 282 g/mol. The summed E-state index contributed by atoms with van der Waals surface area (Å²) in [5.41, 5.74) is 0.981. The van der Waals surface area contributed by atoms with Gasteiger partial charge >= 0.3 is 0 Å². The van der Waals surface area contributed by atoms with Crippen molar-refractivity contribution in [2.24, 2.45) is 11.8 Å². The first-order valence-corrected chi connectivity index (χ1v) is 7.49. The zero-order valence-corrected chi connectivity index (χ0v) is 12.5. The predicted octanol–water partition coefficient (Wildman–Crippen LogP) is 1.08. The minimum atomic E-state index is 0.571. The summed E-state index contributed by atoms with van der Waals surface area (Å²) in [6.07, 6.45) is 3.10. The maximum Gasteiger partial charge on any atom is 0.0964 e. The van der Waals surface area contributed by atoms with Crippen LogP contribution >= 0.6 is 0 Å². The zero-order valence-electron chi connectivity index (χ0n) is 12.5. The molecule has 1 aliphatic rings. The van der Waals surface area contributed by atoms with E-state index in [9.17, 15) is 0 Å². The summed E-state index contributed by atoms with van der Waals surface area (Å²) in [5.74, 6) is 1.22. The van der Waals surface area contributed by atoms with E-state index in [2.05, 4.69) is 29.5 Å². The van der Waals surface area contributed by atoms with Gasteiger partial charge in [-0.2, -0.15) is 0 Å². The third-order valence-corrected chi connectivity index (χ3v) is 3.29. The minimum Gasteiger partial charge on any atom is -0.381 e. The average Bonchev–Trinajstić information content (AvgIpc) is 3.05. The maximum absolute atomic E-state index is 5.66. The normalized spacial score (nSPS) is 19.1. The number of nitrogens with one attached hydrogen (secondary N) is 1. The molecule has 2 heterocycles. The smallest absolute Gasteiger partial charge is 0.0964 e. The molecule has 1 aromatic heterocycles. The van der Waals surface area contributed by atoms with Gasteiger partial charge in [0.1, 0.15) is 0 Å². The fraction of sp³-hybridized carbons (Fsp3) is 0.857. The molecular formula is C14H26N4O2. The Morgan fingerprint density at radius 2 is 2.45 bits per heavy atom. The second-order valence-electron chi connectivity index (χ2n) is 5.80. The highest BCUT2D eigenvalue weighted by Crippen LogP contribution is 2.12. The van der Waals surface area contributed by atoms with Gasteiger partial charge in [-0.25, -0.2) is 4.68 Å². The van der Waals surface area contributed by atoms with E-state index in [1.165, 1.54) is 0 Å². The quantitative estimate of drug-likeness (QED) is 0.687. The van der Waals surface area contributed by atoms with E-state index >= 15 is 0 Å². The van der Waals surface area contributed by atoms with Gasteiger partial charge in [0.15, 0.2) is 0 Å². The van der Waals surface area contributed by atoms with Crippen LogP contribution < -0.4 is 5.32 Å². The van der Waals surface area contributed by atoms with Gasteiger partial charge in [0.05, 0.1) is 32.1 Å². The fourth-order valence-electron chi connectivity index (χ4n) is 2.14. The van der Waals surface area contributed by atoms with Gasteiger partial charge < -0.3 is 14.8 Å². The first-order valence-electron chi connectivity index (χ1n) is 7.49. The van der Waals surface area contributed by atoms with E-state index in [1.54, 1.807) is 0 Å². The summed E-state index contributed by atoms with van der Waals surface area (Å²) < 4.78 is 12.8. The predicted molar refractivity (Wildman–Crippen MR) is 76.3 cm³/mol. The molecule has 1 fully saturated rings. The number of hydrogen-bond acceptors (Lipinski definition) is 5. The van der Waals surface area contributed by atoms with Crippen molar-refractivity contribution in [3.8, 4) is 0 Å². The molecule has 1 N–H and O–H groups in total. The molecule has 0 spiro atoms. The van der Waals surface area contributed by atoms with Crippen molar-refractivity contribution in [3.05, 3.63) is 11.9 Å². The fourth-order valence-corrected chi connectivity index (χ4v) is 2.14. The monoisotopic (exact) mass is 282 g/mol. The molecule has 0 bridgehead atoms. The molecule has 6 heteroatoms. The maximum atomic E-state index is 5.66. The van der Waals surface area contributed by atoms with E-state index in [1.807, 2.05) is 10.9 Å². The molecular weight excluding hydrogens is 256 g/mol. The van der Waals surface area contributed by atoms with Crippen LogP contribution in [0.2, 0.25) is 0 Å². The molecule has 2 rings (SSSR count). The molecule has 1 aromatic rings. The van der Waals surface area contributed by atoms with Gasteiger partial charge in [0, 0.05) is 25.3 Å². The Bertz CT molecular complexity index is 375. The van der Waals surface area contributed by atoms with Gasteiger partial charge in [0.2, 0.25) is 0 Å². The molecule has 0 aromatic carbocycles. The molecule has 1 aliphatic heterocycles. The van der Waals surface area contributed by atoms with Crippen LogP contribution in [-0.2, 0) is 22.6 Å². The third-order valence-electron chi connectivity index (χ3n) is 3.29.